The Balaban J connectivity index is 1.85. The van der Waals surface area contributed by atoms with E-state index in [1.54, 1.807) is 43.3 Å². The summed E-state index contributed by atoms with van der Waals surface area (Å²) in [6, 6.07) is 27.2. The Bertz CT molecular complexity index is 1040. The third-order valence-corrected chi connectivity index (χ3v) is 5.11. The van der Waals surface area contributed by atoms with E-state index in [0.717, 1.165) is 5.56 Å². The Morgan fingerprint density at radius 3 is 1.91 bits per heavy atom. The van der Waals surface area contributed by atoms with Crippen molar-refractivity contribution in [3.05, 3.63) is 102 Å². The number of nitrogens with one attached hydrogen (secondary N) is 1. The number of carbonyl (C=O) groups is 3. The van der Waals surface area contributed by atoms with Crippen LogP contribution in [0.15, 0.2) is 91.0 Å². The van der Waals surface area contributed by atoms with Crippen LogP contribution >= 0.6 is 0 Å². The van der Waals surface area contributed by atoms with Gasteiger partial charge >= 0.3 is 11.9 Å². The Morgan fingerprint density at radius 2 is 1.30 bits per heavy atom. The monoisotopic (exact) mass is 445 g/mol. The molecule has 33 heavy (non-hydrogen) atoms. The molecule has 0 spiro atoms. The van der Waals surface area contributed by atoms with E-state index in [1.165, 1.54) is 0 Å². The average molecular weight is 446 g/mol. The average Bonchev–Trinajstić information content (AvgIpc) is 2.84. The number of hydrogen-bond donors (Lipinski definition) is 1. The molecule has 0 bridgehead atoms. The minimum absolute atomic E-state index is 0.0211. The van der Waals surface area contributed by atoms with E-state index in [0.29, 0.717) is 11.3 Å². The molecule has 0 radical (unpaired) electrons. The van der Waals surface area contributed by atoms with Crippen molar-refractivity contribution in [2.24, 2.45) is 5.92 Å². The Hall–Kier alpha value is -3.93. The maximum absolute atomic E-state index is 13.1. The Labute approximate surface area is 193 Å². The highest BCUT2D eigenvalue weighted by Gasteiger charge is 2.39. The summed E-state index contributed by atoms with van der Waals surface area (Å²) in [6.45, 7) is 1.80. The molecule has 1 N–H and O–H groups in total. The van der Waals surface area contributed by atoms with Crippen LogP contribution in [0.1, 0.15) is 30.4 Å². The summed E-state index contributed by atoms with van der Waals surface area (Å²) in [6.07, 6.45) is -0.0944. The van der Waals surface area contributed by atoms with Crippen molar-refractivity contribution in [3.63, 3.8) is 0 Å². The summed E-state index contributed by atoms with van der Waals surface area (Å²) in [7, 11) is 0. The van der Waals surface area contributed by atoms with Crippen molar-refractivity contribution in [2.75, 3.05) is 11.9 Å². The number of anilines is 1. The van der Waals surface area contributed by atoms with Gasteiger partial charge in [-0.05, 0) is 30.2 Å². The summed E-state index contributed by atoms with van der Waals surface area (Å²) in [5.74, 6) is -3.79. The van der Waals surface area contributed by atoms with Crippen LogP contribution in [-0.4, -0.2) is 24.5 Å². The van der Waals surface area contributed by atoms with Gasteiger partial charge in [0.1, 0.15) is 6.61 Å². The lowest BCUT2D eigenvalue weighted by Gasteiger charge is -2.24. The van der Waals surface area contributed by atoms with Crippen LogP contribution in [0.5, 0.6) is 0 Å². The van der Waals surface area contributed by atoms with Gasteiger partial charge in [0.05, 0.1) is 6.61 Å². The molecule has 0 aliphatic carbocycles. The first-order valence-electron chi connectivity index (χ1n) is 10.9. The fraction of sp³-hybridized carbons (Fsp3) is 0.222. The van der Waals surface area contributed by atoms with Crippen molar-refractivity contribution < 1.29 is 23.9 Å². The molecule has 0 aliphatic heterocycles. The largest absolute Gasteiger partial charge is 0.465 e. The Kier molecular flexibility index (Phi) is 8.77. The SMILES string of the molecule is CCOC(=O)C(C(=O)OCc1ccccc1)C(CC(=O)Nc1ccccc1)c1ccccc1. The van der Waals surface area contributed by atoms with Crippen molar-refractivity contribution in [2.45, 2.75) is 25.9 Å². The smallest absolute Gasteiger partial charge is 0.321 e. The van der Waals surface area contributed by atoms with Crippen molar-refractivity contribution in [1.29, 1.82) is 0 Å². The van der Waals surface area contributed by atoms with E-state index < -0.39 is 23.8 Å². The van der Waals surface area contributed by atoms with Crippen LogP contribution in [0.2, 0.25) is 0 Å². The van der Waals surface area contributed by atoms with Gasteiger partial charge in [-0.15, -0.1) is 0 Å². The molecule has 0 saturated carbocycles. The van der Waals surface area contributed by atoms with Crippen molar-refractivity contribution >= 4 is 23.5 Å². The number of benzene rings is 3. The first kappa shape index (κ1) is 23.7. The van der Waals surface area contributed by atoms with Crippen LogP contribution in [0.3, 0.4) is 0 Å². The second kappa shape index (κ2) is 12.2. The highest BCUT2D eigenvalue weighted by Crippen LogP contribution is 2.31. The lowest BCUT2D eigenvalue weighted by molar-refractivity contribution is -0.164. The van der Waals surface area contributed by atoms with Gasteiger partial charge in [0, 0.05) is 18.0 Å². The normalized spacial score (nSPS) is 12.3. The fourth-order valence-electron chi connectivity index (χ4n) is 3.54. The summed E-state index contributed by atoms with van der Waals surface area (Å²) in [5.41, 5.74) is 2.11. The predicted octanol–water partition coefficient (Wildman–Crippen LogP) is 4.72. The molecule has 3 aromatic carbocycles. The van der Waals surface area contributed by atoms with Crippen LogP contribution in [0.25, 0.3) is 0 Å². The fourth-order valence-corrected chi connectivity index (χ4v) is 3.54. The molecular weight excluding hydrogens is 418 g/mol. The van der Waals surface area contributed by atoms with E-state index in [4.69, 9.17) is 9.47 Å². The first-order valence-corrected chi connectivity index (χ1v) is 10.9. The first-order chi connectivity index (χ1) is 16.1. The summed E-state index contributed by atoms with van der Waals surface area (Å²) < 4.78 is 10.7. The molecule has 0 heterocycles. The summed E-state index contributed by atoms with van der Waals surface area (Å²) in [5, 5.41) is 2.82. The summed E-state index contributed by atoms with van der Waals surface area (Å²) in [4.78, 5) is 38.9. The summed E-state index contributed by atoms with van der Waals surface area (Å²) >= 11 is 0. The molecule has 0 saturated heterocycles. The van der Waals surface area contributed by atoms with Gasteiger partial charge in [-0.3, -0.25) is 14.4 Å². The number of carbonyl (C=O) groups excluding carboxylic acids is 3. The van der Waals surface area contributed by atoms with Crippen LogP contribution in [-0.2, 0) is 30.5 Å². The number of para-hydroxylation sites is 1. The van der Waals surface area contributed by atoms with Crippen molar-refractivity contribution in [3.8, 4) is 0 Å². The third kappa shape index (κ3) is 7.04. The molecular formula is C27H27NO5. The van der Waals surface area contributed by atoms with Crippen LogP contribution in [0, 0.1) is 5.92 Å². The third-order valence-electron chi connectivity index (χ3n) is 5.11. The predicted molar refractivity (Wildman–Crippen MR) is 125 cm³/mol. The van der Waals surface area contributed by atoms with Crippen molar-refractivity contribution in [1.82, 2.24) is 0 Å². The molecule has 0 aliphatic rings. The molecule has 3 aromatic rings. The minimum atomic E-state index is -1.28. The van der Waals surface area contributed by atoms with Gasteiger partial charge in [-0.2, -0.15) is 0 Å². The van der Waals surface area contributed by atoms with Gasteiger partial charge < -0.3 is 14.8 Å². The highest BCUT2D eigenvalue weighted by molar-refractivity contribution is 5.98. The molecule has 0 aromatic heterocycles. The second-order valence-electron chi connectivity index (χ2n) is 7.46. The zero-order chi connectivity index (χ0) is 23.5. The molecule has 3 rings (SSSR count). The van der Waals surface area contributed by atoms with Crippen LogP contribution < -0.4 is 5.32 Å². The van der Waals surface area contributed by atoms with E-state index in [1.807, 2.05) is 54.6 Å². The van der Waals surface area contributed by atoms with E-state index in [9.17, 15) is 14.4 Å². The standard InChI is InChI=1S/C27H27NO5/c1-2-32-26(30)25(27(31)33-19-20-12-6-3-7-13-20)23(21-14-8-4-9-15-21)18-24(29)28-22-16-10-5-11-17-22/h3-17,23,25H,2,18-19H2,1H3,(H,28,29). The van der Waals surface area contributed by atoms with E-state index in [-0.39, 0.29) is 25.5 Å². The topological polar surface area (TPSA) is 81.7 Å². The molecule has 0 fully saturated rings. The maximum Gasteiger partial charge on any atom is 0.321 e. The second-order valence-corrected chi connectivity index (χ2v) is 7.46. The zero-order valence-electron chi connectivity index (χ0n) is 18.5. The lowest BCUT2D eigenvalue weighted by Crippen LogP contribution is -2.35. The molecule has 6 nitrogen and oxygen atoms in total. The number of hydrogen-bond acceptors (Lipinski definition) is 5. The highest BCUT2D eigenvalue weighted by atomic mass is 16.6. The van der Waals surface area contributed by atoms with Gasteiger partial charge in [-0.25, -0.2) is 0 Å². The molecule has 6 heteroatoms. The van der Waals surface area contributed by atoms with Gasteiger partial charge in [0.2, 0.25) is 5.91 Å². The maximum atomic E-state index is 13.1. The van der Waals surface area contributed by atoms with Gasteiger partial charge in [-0.1, -0.05) is 78.9 Å². The minimum Gasteiger partial charge on any atom is -0.465 e. The molecule has 2 unspecified atom stereocenters. The van der Waals surface area contributed by atoms with E-state index in [2.05, 4.69) is 5.32 Å². The quantitative estimate of drug-likeness (QED) is 0.361. The molecule has 170 valence electrons. The van der Waals surface area contributed by atoms with Crippen LogP contribution in [0.4, 0.5) is 5.69 Å². The van der Waals surface area contributed by atoms with E-state index >= 15 is 0 Å². The number of ether oxygens (including phenoxy) is 2. The zero-order valence-corrected chi connectivity index (χ0v) is 18.5. The molecule has 1 amide bonds. The number of amides is 1. The molecule has 2 atom stereocenters. The number of esters is 2. The van der Waals surface area contributed by atoms with Gasteiger partial charge in [0.25, 0.3) is 0 Å². The Morgan fingerprint density at radius 1 is 0.758 bits per heavy atom. The lowest BCUT2D eigenvalue weighted by atomic mass is 9.83. The van der Waals surface area contributed by atoms with Gasteiger partial charge in [0.15, 0.2) is 5.92 Å². The number of rotatable bonds is 10.